The number of nitrogens with one attached hydrogen (secondary N) is 1. The van der Waals surface area contributed by atoms with Crippen LogP contribution in [0.25, 0.3) is 11.5 Å². The molecule has 6 nitrogen and oxygen atoms in total. The Balaban J connectivity index is 1.31. The normalized spacial score (nSPS) is 19.1. The zero-order chi connectivity index (χ0) is 19.5. The number of aryl methyl sites for hydroxylation is 1. The maximum Gasteiger partial charge on any atom is 0.276 e. The van der Waals surface area contributed by atoms with E-state index in [1.165, 1.54) is 23.0 Å². The van der Waals surface area contributed by atoms with Crippen molar-refractivity contribution < 1.29 is 9.15 Å². The number of anilines is 1. The minimum atomic E-state index is -0.0763. The van der Waals surface area contributed by atoms with Crippen LogP contribution < -0.4 is 10.2 Å². The Morgan fingerprint density at radius 3 is 2.54 bits per heavy atom. The summed E-state index contributed by atoms with van der Waals surface area (Å²) in [5.41, 5.74) is 4.45. The van der Waals surface area contributed by atoms with Crippen LogP contribution in [0.15, 0.2) is 58.2 Å². The van der Waals surface area contributed by atoms with Gasteiger partial charge in [-0.1, -0.05) is 41.6 Å². The Kier molecular flexibility index (Phi) is 5.66. The molecule has 4 rings (SSSR count). The molecule has 1 fully saturated rings. The topological polar surface area (TPSA) is 63.4 Å². The molecule has 28 heavy (non-hydrogen) atoms. The third-order valence-corrected chi connectivity index (χ3v) is 5.62. The van der Waals surface area contributed by atoms with E-state index in [2.05, 4.69) is 51.6 Å². The highest BCUT2D eigenvalue weighted by Gasteiger charge is 2.26. The lowest BCUT2D eigenvalue weighted by atomic mass is 10.1. The van der Waals surface area contributed by atoms with Gasteiger partial charge in [-0.15, -0.1) is 10.2 Å². The second-order valence-corrected chi connectivity index (χ2v) is 8.05. The summed E-state index contributed by atoms with van der Waals surface area (Å²) in [6, 6.07) is 16.5. The second kappa shape index (κ2) is 8.34. The molecule has 0 amide bonds. The van der Waals surface area contributed by atoms with Crippen molar-refractivity contribution in [3.05, 3.63) is 59.7 Å². The SMILES string of the molecule is Cc1ccc(-c2nnc(SC[C@@H]3CN[C@H](c4ccc(N(C)C)cc4)O3)o2)cc1. The number of rotatable bonds is 6. The van der Waals surface area contributed by atoms with E-state index in [1.54, 1.807) is 0 Å². The van der Waals surface area contributed by atoms with Crippen molar-refractivity contribution in [2.75, 3.05) is 31.3 Å². The molecule has 1 aromatic heterocycles. The fraction of sp³-hybridized carbons (Fsp3) is 0.333. The zero-order valence-corrected chi connectivity index (χ0v) is 17.1. The third-order valence-electron chi connectivity index (χ3n) is 4.67. The number of nitrogens with zero attached hydrogens (tertiary/aromatic N) is 3. The lowest BCUT2D eigenvalue weighted by molar-refractivity contribution is 0.0534. The van der Waals surface area contributed by atoms with Crippen molar-refractivity contribution in [1.29, 1.82) is 0 Å². The largest absolute Gasteiger partial charge is 0.411 e. The van der Waals surface area contributed by atoms with Gasteiger partial charge in [0.05, 0.1) is 6.10 Å². The Morgan fingerprint density at radius 1 is 1.07 bits per heavy atom. The van der Waals surface area contributed by atoms with E-state index < -0.39 is 0 Å². The predicted octanol–water partition coefficient (Wildman–Crippen LogP) is 3.89. The minimum Gasteiger partial charge on any atom is -0.411 e. The maximum absolute atomic E-state index is 6.14. The van der Waals surface area contributed by atoms with E-state index in [4.69, 9.17) is 9.15 Å². The Hall–Kier alpha value is -2.35. The monoisotopic (exact) mass is 396 g/mol. The van der Waals surface area contributed by atoms with Gasteiger partial charge in [0.15, 0.2) is 0 Å². The van der Waals surface area contributed by atoms with Crippen LogP contribution in [-0.4, -0.2) is 42.7 Å². The van der Waals surface area contributed by atoms with Gasteiger partial charge >= 0.3 is 0 Å². The summed E-state index contributed by atoms with van der Waals surface area (Å²) in [5, 5.41) is 12.3. The molecule has 2 heterocycles. The van der Waals surface area contributed by atoms with Crippen molar-refractivity contribution in [2.24, 2.45) is 0 Å². The van der Waals surface area contributed by atoms with Crippen LogP contribution in [0.5, 0.6) is 0 Å². The van der Waals surface area contributed by atoms with Gasteiger partial charge in [-0.3, -0.25) is 5.32 Å². The Bertz CT molecular complexity index is 909. The highest BCUT2D eigenvalue weighted by atomic mass is 32.2. The third kappa shape index (κ3) is 4.38. The molecule has 146 valence electrons. The summed E-state index contributed by atoms with van der Waals surface area (Å²) in [7, 11) is 4.07. The Labute approximate surface area is 169 Å². The average Bonchev–Trinajstić information content (AvgIpc) is 3.37. The van der Waals surface area contributed by atoms with Crippen molar-refractivity contribution in [2.45, 2.75) is 24.5 Å². The molecular formula is C21H24N4O2S. The number of hydrogen-bond acceptors (Lipinski definition) is 7. The molecule has 1 N–H and O–H groups in total. The van der Waals surface area contributed by atoms with Crippen molar-refractivity contribution in [3.63, 3.8) is 0 Å². The summed E-state index contributed by atoms with van der Waals surface area (Å²) < 4.78 is 11.9. The summed E-state index contributed by atoms with van der Waals surface area (Å²) in [4.78, 5) is 2.08. The summed E-state index contributed by atoms with van der Waals surface area (Å²) in [5.74, 6) is 1.31. The van der Waals surface area contributed by atoms with Gasteiger partial charge < -0.3 is 14.1 Å². The van der Waals surface area contributed by atoms with Crippen LogP contribution in [0, 0.1) is 6.92 Å². The van der Waals surface area contributed by atoms with Crippen LogP contribution >= 0.6 is 11.8 Å². The van der Waals surface area contributed by atoms with Gasteiger partial charge in [-0.2, -0.15) is 0 Å². The number of aromatic nitrogens is 2. The van der Waals surface area contributed by atoms with Crippen molar-refractivity contribution >= 4 is 17.4 Å². The molecule has 3 aromatic rings. The van der Waals surface area contributed by atoms with Crippen molar-refractivity contribution in [1.82, 2.24) is 15.5 Å². The van der Waals surface area contributed by atoms with Crippen LogP contribution in [-0.2, 0) is 4.74 Å². The molecule has 0 radical (unpaired) electrons. The molecule has 1 aliphatic rings. The molecule has 2 aromatic carbocycles. The first kappa shape index (κ1) is 19.0. The number of benzene rings is 2. The quantitative estimate of drug-likeness (QED) is 0.634. The van der Waals surface area contributed by atoms with Gasteiger partial charge in [-0.25, -0.2) is 0 Å². The van der Waals surface area contributed by atoms with Gasteiger partial charge in [0.1, 0.15) is 6.23 Å². The summed E-state index contributed by atoms with van der Waals surface area (Å²) in [6.45, 7) is 2.85. The first-order valence-electron chi connectivity index (χ1n) is 9.28. The van der Waals surface area contributed by atoms with Gasteiger partial charge in [0.25, 0.3) is 5.22 Å². The number of hydrogen-bond donors (Lipinski definition) is 1. The standard InChI is InChI=1S/C21H24N4O2S/c1-14-4-6-16(7-5-14)20-23-24-21(27-20)28-13-18-12-22-19(26-18)15-8-10-17(11-9-15)25(2)3/h4-11,18-19,22H,12-13H2,1-3H3/t18-,19-/m0/s1. The van der Waals surface area contributed by atoms with E-state index in [0.717, 1.165) is 23.4 Å². The smallest absolute Gasteiger partial charge is 0.276 e. The second-order valence-electron chi connectivity index (χ2n) is 7.08. The highest BCUT2D eigenvalue weighted by Crippen LogP contribution is 2.28. The Morgan fingerprint density at radius 2 is 1.82 bits per heavy atom. The summed E-state index contributed by atoms with van der Waals surface area (Å²) >= 11 is 1.53. The first-order valence-corrected chi connectivity index (χ1v) is 10.3. The van der Waals surface area contributed by atoms with Crippen LogP contribution in [0.3, 0.4) is 0 Å². The molecule has 7 heteroatoms. The molecule has 1 aliphatic heterocycles. The number of thioether (sulfide) groups is 1. The molecule has 0 spiro atoms. The fourth-order valence-corrected chi connectivity index (χ4v) is 3.78. The van der Waals surface area contributed by atoms with E-state index in [9.17, 15) is 0 Å². The first-order chi connectivity index (χ1) is 13.6. The fourth-order valence-electron chi connectivity index (χ4n) is 3.01. The highest BCUT2D eigenvalue weighted by molar-refractivity contribution is 7.99. The number of ether oxygens (including phenoxy) is 1. The molecule has 2 atom stereocenters. The predicted molar refractivity (Wildman–Crippen MR) is 112 cm³/mol. The van der Waals surface area contributed by atoms with Crippen LogP contribution in [0.2, 0.25) is 0 Å². The summed E-state index contributed by atoms with van der Waals surface area (Å²) in [6.07, 6.45) is 0.0193. The van der Waals surface area contributed by atoms with Gasteiger partial charge in [0, 0.05) is 37.6 Å². The lowest BCUT2D eigenvalue weighted by Crippen LogP contribution is -2.16. The van der Waals surface area contributed by atoms with Crippen LogP contribution in [0.4, 0.5) is 5.69 Å². The van der Waals surface area contributed by atoms with E-state index >= 15 is 0 Å². The molecular weight excluding hydrogens is 372 g/mol. The van der Waals surface area contributed by atoms with E-state index in [0.29, 0.717) is 11.1 Å². The van der Waals surface area contributed by atoms with Gasteiger partial charge in [-0.05, 0) is 36.8 Å². The maximum atomic E-state index is 6.14. The average molecular weight is 397 g/mol. The molecule has 0 unspecified atom stereocenters. The molecule has 1 saturated heterocycles. The molecule has 0 bridgehead atoms. The zero-order valence-electron chi connectivity index (χ0n) is 16.3. The van der Waals surface area contributed by atoms with Crippen LogP contribution in [0.1, 0.15) is 17.4 Å². The lowest BCUT2D eigenvalue weighted by Gasteiger charge is -2.16. The van der Waals surface area contributed by atoms with Gasteiger partial charge in [0.2, 0.25) is 5.89 Å². The molecule has 0 saturated carbocycles. The minimum absolute atomic E-state index is 0.0763. The van der Waals surface area contributed by atoms with E-state index in [1.807, 2.05) is 38.4 Å². The van der Waals surface area contributed by atoms with E-state index in [-0.39, 0.29) is 12.3 Å². The molecule has 0 aliphatic carbocycles. The van der Waals surface area contributed by atoms with Crippen molar-refractivity contribution in [3.8, 4) is 11.5 Å².